The lowest BCUT2D eigenvalue weighted by molar-refractivity contribution is -0.141. The summed E-state index contributed by atoms with van der Waals surface area (Å²) in [5, 5.41) is 4.11. The Hall–Kier alpha value is -2.39. The quantitative estimate of drug-likeness (QED) is 0.542. The molecular formula is C25H25ClN4O3S. The number of nitrogens with zero attached hydrogens (tertiary/aromatic N) is 3. The Morgan fingerprint density at radius 2 is 2.03 bits per heavy atom. The molecule has 2 aliphatic heterocycles. The number of benzene rings is 1. The van der Waals surface area contributed by atoms with Crippen LogP contribution in [0.4, 0.5) is 0 Å². The van der Waals surface area contributed by atoms with Gasteiger partial charge in [0.05, 0.1) is 40.4 Å². The lowest BCUT2D eigenvalue weighted by Gasteiger charge is -2.20. The van der Waals surface area contributed by atoms with Crippen LogP contribution in [-0.2, 0) is 27.3 Å². The number of fused-ring (bicyclic) bond motifs is 2. The third-order valence-corrected chi connectivity index (χ3v) is 8.32. The van der Waals surface area contributed by atoms with Gasteiger partial charge in [-0.15, -0.1) is 11.3 Å². The van der Waals surface area contributed by atoms with Crippen LogP contribution in [0.2, 0.25) is 5.02 Å². The highest BCUT2D eigenvalue weighted by Gasteiger charge is 2.58. The zero-order chi connectivity index (χ0) is 23.4. The van der Waals surface area contributed by atoms with Crippen LogP contribution >= 0.6 is 22.9 Å². The second-order valence-corrected chi connectivity index (χ2v) is 10.9. The average Bonchev–Trinajstić information content (AvgIpc) is 3.52. The van der Waals surface area contributed by atoms with Crippen molar-refractivity contribution in [2.45, 2.75) is 38.8 Å². The molecule has 0 bridgehead atoms. The number of halogens is 1. The summed E-state index contributed by atoms with van der Waals surface area (Å²) in [6.45, 7) is 4.90. The van der Waals surface area contributed by atoms with Crippen molar-refractivity contribution in [3.05, 3.63) is 45.6 Å². The van der Waals surface area contributed by atoms with Crippen LogP contribution in [0.25, 0.3) is 21.5 Å². The third kappa shape index (κ3) is 3.92. The average molecular weight is 497 g/mol. The highest BCUT2D eigenvalue weighted by Crippen LogP contribution is 2.48. The van der Waals surface area contributed by atoms with Crippen LogP contribution in [0, 0.1) is 18.8 Å². The molecule has 2 aromatic heterocycles. The van der Waals surface area contributed by atoms with Crippen LogP contribution in [-0.4, -0.2) is 52.5 Å². The summed E-state index contributed by atoms with van der Waals surface area (Å²) < 4.78 is 7.02. The van der Waals surface area contributed by atoms with Crippen molar-refractivity contribution in [1.29, 1.82) is 0 Å². The maximum Gasteiger partial charge on any atom is 0.233 e. The summed E-state index contributed by atoms with van der Waals surface area (Å²) in [6.07, 6.45) is 4.13. The minimum absolute atomic E-state index is 0.0384. The Morgan fingerprint density at radius 3 is 2.85 bits per heavy atom. The number of hydrogen-bond acceptors (Lipinski definition) is 7. The Kier molecular flexibility index (Phi) is 5.64. The standard InChI is InChI=1S/C25H25ClN4O3S/c1-13-5-14(26)6-18(17(13)7-15-10-27-3-2-4-33-15)22-23-21(28-12-29-22)8-16(34-23)11-30-24(31)19-9-20(19)25(30)32/h5-6,8,12,15,19-20,27H,2-4,7,9-11H2,1H3. The summed E-state index contributed by atoms with van der Waals surface area (Å²) >= 11 is 8.03. The van der Waals surface area contributed by atoms with E-state index in [0.29, 0.717) is 18.0 Å². The molecule has 4 heterocycles. The Labute approximate surface area is 206 Å². The summed E-state index contributed by atoms with van der Waals surface area (Å²) in [5.41, 5.74) is 4.88. The molecule has 1 aliphatic carbocycles. The third-order valence-electron chi connectivity index (χ3n) is 6.98. The molecule has 176 valence electrons. The molecule has 1 saturated carbocycles. The van der Waals surface area contributed by atoms with Crippen molar-refractivity contribution in [3.8, 4) is 11.3 Å². The van der Waals surface area contributed by atoms with E-state index in [-0.39, 0.29) is 29.8 Å². The number of aryl methyl sites for hydroxylation is 1. The van der Waals surface area contributed by atoms with E-state index >= 15 is 0 Å². The highest BCUT2D eigenvalue weighted by atomic mass is 35.5. The molecule has 2 saturated heterocycles. The fourth-order valence-corrected chi connectivity index (χ4v) is 6.49. The van der Waals surface area contributed by atoms with E-state index in [1.54, 1.807) is 6.33 Å². The predicted molar refractivity (Wildman–Crippen MR) is 131 cm³/mol. The summed E-state index contributed by atoms with van der Waals surface area (Å²) in [7, 11) is 0. The van der Waals surface area contributed by atoms with Crippen LogP contribution in [0.3, 0.4) is 0 Å². The zero-order valence-electron chi connectivity index (χ0n) is 18.8. The van der Waals surface area contributed by atoms with Gasteiger partial charge in [0.1, 0.15) is 6.33 Å². The van der Waals surface area contributed by atoms with Crippen molar-refractivity contribution in [2.24, 2.45) is 11.8 Å². The number of thiophene rings is 1. The van der Waals surface area contributed by atoms with Gasteiger partial charge < -0.3 is 10.1 Å². The van der Waals surface area contributed by atoms with Crippen molar-refractivity contribution < 1.29 is 14.3 Å². The van der Waals surface area contributed by atoms with Gasteiger partial charge in [0, 0.05) is 35.0 Å². The number of aromatic nitrogens is 2. The number of likely N-dealkylation sites (tertiary alicyclic amines) is 1. The van der Waals surface area contributed by atoms with E-state index in [1.807, 2.05) is 18.2 Å². The van der Waals surface area contributed by atoms with Gasteiger partial charge in [0.15, 0.2) is 0 Å². The number of ether oxygens (including phenoxy) is 1. The first-order chi connectivity index (χ1) is 16.5. The van der Waals surface area contributed by atoms with E-state index in [4.69, 9.17) is 16.3 Å². The lowest BCUT2D eigenvalue weighted by Crippen LogP contribution is -2.31. The molecule has 3 aliphatic rings. The molecule has 9 heteroatoms. The first kappa shape index (κ1) is 22.1. The van der Waals surface area contributed by atoms with Gasteiger partial charge in [-0.1, -0.05) is 11.6 Å². The van der Waals surface area contributed by atoms with Crippen molar-refractivity contribution in [1.82, 2.24) is 20.2 Å². The molecular weight excluding hydrogens is 472 g/mol. The molecule has 6 rings (SSSR count). The molecule has 3 atom stereocenters. The Bertz CT molecular complexity index is 1280. The SMILES string of the molecule is Cc1cc(Cl)cc(-c2ncnc3cc(CN4C(=O)C5CC5C4=O)sc23)c1CC1CNCCCO1. The summed E-state index contributed by atoms with van der Waals surface area (Å²) in [4.78, 5) is 36.4. The van der Waals surface area contributed by atoms with Gasteiger partial charge >= 0.3 is 0 Å². The molecule has 3 fully saturated rings. The normalized spacial score (nSPS) is 24.5. The van der Waals surface area contributed by atoms with E-state index in [0.717, 1.165) is 70.0 Å². The minimum Gasteiger partial charge on any atom is -0.377 e. The van der Waals surface area contributed by atoms with E-state index in [2.05, 4.69) is 22.2 Å². The number of amides is 2. The number of imide groups is 1. The molecule has 0 spiro atoms. The molecule has 34 heavy (non-hydrogen) atoms. The van der Waals surface area contributed by atoms with Gasteiger partial charge in [-0.3, -0.25) is 14.5 Å². The maximum atomic E-state index is 12.4. The minimum atomic E-state index is -0.0880. The first-order valence-electron chi connectivity index (χ1n) is 11.7. The number of rotatable bonds is 5. The molecule has 1 aromatic carbocycles. The van der Waals surface area contributed by atoms with Crippen molar-refractivity contribution >= 4 is 45.0 Å². The molecule has 7 nitrogen and oxygen atoms in total. The Balaban J connectivity index is 1.37. The smallest absolute Gasteiger partial charge is 0.233 e. The molecule has 0 radical (unpaired) electrons. The molecule has 3 aromatic rings. The fraction of sp³-hybridized carbons (Fsp3) is 0.440. The van der Waals surface area contributed by atoms with E-state index in [1.165, 1.54) is 16.2 Å². The topological polar surface area (TPSA) is 84.4 Å². The second-order valence-electron chi connectivity index (χ2n) is 9.36. The lowest BCUT2D eigenvalue weighted by atomic mass is 9.94. The maximum absolute atomic E-state index is 12.4. The van der Waals surface area contributed by atoms with Gasteiger partial charge in [-0.05, 0) is 55.6 Å². The number of piperidine rings is 1. The van der Waals surface area contributed by atoms with E-state index in [9.17, 15) is 9.59 Å². The second kappa shape index (κ2) is 8.68. The van der Waals surface area contributed by atoms with Crippen LogP contribution in [0.1, 0.15) is 28.8 Å². The fourth-order valence-electron chi connectivity index (χ4n) is 5.12. The number of hydrogen-bond donors (Lipinski definition) is 1. The predicted octanol–water partition coefficient (Wildman–Crippen LogP) is 3.75. The first-order valence-corrected chi connectivity index (χ1v) is 12.9. The molecule has 2 amide bonds. The van der Waals surface area contributed by atoms with Crippen molar-refractivity contribution in [3.63, 3.8) is 0 Å². The number of carbonyl (C=O) groups is 2. The summed E-state index contributed by atoms with van der Waals surface area (Å²) in [5.74, 6) is -0.253. The molecule has 1 N–H and O–H groups in total. The highest BCUT2D eigenvalue weighted by molar-refractivity contribution is 7.19. The van der Waals surface area contributed by atoms with Crippen LogP contribution in [0.15, 0.2) is 24.5 Å². The van der Waals surface area contributed by atoms with Gasteiger partial charge in [-0.2, -0.15) is 0 Å². The zero-order valence-corrected chi connectivity index (χ0v) is 20.4. The van der Waals surface area contributed by atoms with Gasteiger partial charge in [0.25, 0.3) is 0 Å². The van der Waals surface area contributed by atoms with Crippen LogP contribution in [0.5, 0.6) is 0 Å². The monoisotopic (exact) mass is 496 g/mol. The summed E-state index contributed by atoms with van der Waals surface area (Å²) in [6, 6.07) is 5.92. The van der Waals surface area contributed by atoms with Crippen molar-refractivity contribution in [2.75, 3.05) is 19.7 Å². The van der Waals surface area contributed by atoms with Gasteiger partial charge in [0.2, 0.25) is 11.8 Å². The Morgan fingerprint density at radius 1 is 1.21 bits per heavy atom. The van der Waals surface area contributed by atoms with Crippen LogP contribution < -0.4 is 5.32 Å². The largest absolute Gasteiger partial charge is 0.377 e. The molecule has 3 unspecified atom stereocenters. The number of carbonyl (C=O) groups excluding carboxylic acids is 2. The number of nitrogens with one attached hydrogen (secondary N) is 1. The van der Waals surface area contributed by atoms with Gasteiger partial charge in [-0.25, -0.2) is 9.97 Å². The van der Waals surface area contributed by atoms with E-state index < -0.39 is 0 Å².